The third-order valence-corrected chi connectivity index (χ3v) is 4.25. The lowest BCUT2D eigenvalue weighted by Gasteiger charge is -2.06. The van der Waals surface area contributed by atoms with Crippen molar-refractivity contribution in [2.75, 3.05) is 40.4 Å². The van der Waals surface area contributed by atoms with Gasteiger partial charge in [0, 0.05) is 47.0 Å². The number of sulfonamides is 1. The molecule has 120 valence electrons. The van der Waals surface area contributed by atoms with Gasteiger partial charge in [-0.05, 0) is 6.07 Å². The van der Waals surface area contributed by atoms with Crippen LogP contribution in [0.5, 0.6) is 0 Å². The van der Waals surface area contributed by atoms with Gasteiger partial charge < -0.3 is 19.9 Å². The van der Waals surface area contributed by atoms with E-state index in [2.05, 4.69) is 15.4 Å². The molecule has 1 rings (SSSR count). The normalized spacial score (nSPS) is 11.6. The lowest BCUT2D eigenvalue weighted by Crippen LogP contribution is -2.33. The Morgan fingerprint density at radius 3 is 2.67 bits per heavy atom. The quantitative estimate of drug-likeness (QED) is 0.502. The molecular weight excluding hydrogens is 296 g/mol. The average Bonchev–Trinajstić information content (AvgIpc) is 2.84. The van der Waals surface area contributed by atoms with Crippen LogP contribution < -0.4 is 15.4 Å². The number of aryl methyl sites for hydroxylation is 1. The van der Waals surface area contributed by atoms with E-state index in [-0.39, 0.29) is 23.0 Å². The van der Waals surface area contributed by atoms with Crippen LogP contribution in [0.1, 0.15) is 10.5 Å². The fourth-order valence-corrected chi connectivity index (χ4v) is 2.79. The predicted molar refractivity (Wildman–Crippen MR) is 78.7 cm³/mol. The highest BCUT2D eigenvalue weighted by molar-refractivity contribution is 7.89. The van der Waals surface area contributed by atoms with Gasteiger partial charge in [0.25, 0.3) is 5.91 Å². The largest absolute Gasteiger partial charge is 0.383 e. The lowest BCUT2D eigenvalue weighted by atomic mass is 10.4. The van der Waals surface area contributed by atoms with E-state index in [1.54, 1.807) is 14.2 Å². The molecule has 0 unspecified atom stereocenters. The van der Waals surface area contributed by atoms with Gasteiger partial charge in [-0.15, -0.1) is 0 Å². The van der Waals surface area contributed by atoms with E-state index < -0.39 is 10.0 Å². The van der Waals surface area contributed by atoms with Gasteiger partial charge >= 0.3 is 0 Å². The summed E-state index contributed by atoms with van der Waals surface area (Å²) in [5.41, 5.74) is 0.288. The summed E-state index contributed by atoms with van der Waals surface area (Å²) in [5.74, 6) is -0.333. The van der Waals surface area contributed by atoms with Crippen LogP contribution in [0.2, 0.25) is 0 Å². The number of carbonyl (C=O) groups excluding carboxylic acids is 1. The van der Waals surface area contributed by atoms with Crippen molar-refractivity contribution in [3.8, 4) is 0 Å². The number of nitrogens with zero attached hydrogens (tertiary/aromatic N) is 1. The van der Waals surface area contributed by atoms with Crippen LogP contribution in [0, 0.1) is 0 Å². The smallest absolute Gasteiger partial charge is 0.267 e. The van der Waals surface area contributed by atoms with E-state index in [1.807, 2.05) is 0 Å². The van der Waals surface area contributed by atoms with E-state index in [0.717, 1.165) is 0 Å². The van der Waals surface area contributed by atoms with Crippen LogP contribution in [0.3, 0.4) is 0 Å². The van der Waals surface area contributed by atoms with Gasteiger partial charge in [0.05, 0.1) is 6.61 Å². The molecule has 0 atom stereocenters. The van der Waals surface area contributed by atoms with Gasteiger partial charge in [-0.1, -0.05) is 0 Å². The van der Waals surface area contributed by atoms with Crippen molar-refractivity contribution in [1.82, 2.24) is 19.9 Å². The van der Waals surface area contributed by atoms with Gasteiger partial charge in [0.1, 0.15) is 10.6 Å². The minimum atomic E-state index is -3.62. The molecule has 0 radical (unpaired) electrons. The van der Waals surface area contributed by atoms with Crippen LogP contribution in [-0.4, -0.2) is 59.3 Å². The third kappa shape index (κ3) is 5.12. The molecule has 9 heteroatoms. The van der Waals surface area contributed by atoms with Gasteiger partial charge in [-0.3, -0.25) is 4.79 Å². The second-order valence-corrected chi connectivity index (χ2v) is 6.16. The van der Waals surface area contributed by atoms with Crippen LogP contribution in [0.25, 0.3) is 0 Å². The molecule has 0 bridgehead atoms. The fourth-order valence-electron chi connectivity index (χ4n) is 1.69. The Bertz CT molecular complexity index is 568. The number of ether oxygens (including phenoxy) is 1. The third-order valence-electron chi connectivity index (χ3n) is 2.83. The van der Waals surface area contributed by atoms with Crippen molar-refractivity contribution in [3.63, 3.8) is 0 Å². The van der Waals surface area contributed by atoms with Gasteiger partial charge in [-0.2, -0.15) is 0 Å². The Morgan fingerprint density at radius 1 is 1.33 bits per heavy atom. The Balaban J connectivity index is 2.60. The predicted octanol–water partition coefficient (Wildman–Crippen LogP) is -1.10. The maximum absolute atomic E-state index is 12.1. The molecular formula is C12H22N4O4S. The van der Waals surface area contributed by atoms with E-state index in [4.69, 9.17) is 4.74 Å². The second kappa shape index (κ2) is 8.13. The molecule has 0 aliphatic heterocycles. The van der Waals surface area contributed by atoms with E-state index in [9.17, 15) is 13.2 Å². The SMILES string of the molecule is CNC(=O)c1cc(S(=O)(=O)NCCNCCOC)cn1C. The molecule has 3 N–H and O–H groups in total. The summed E-state index contributed by atoms with van der Waals surface area (Å²) >= 11 is 0. The second-order valence-electron chi connectivity index (χ2n) is 4.39. The molecule has 0 aliphatic rings. The molecule has 0 spiro atoms. The average molecular weight is 318 g/mol. The topological polar surface area (TPSA) is 101 Å². The first-order valence-electron chi connectivity index (χ1n) is 6.50. The monoisotopic (exact) mass is 318 g/mol. The molecule has 0 fully saturated rings. The summed E-state index contributed by atoms with van der Waals surface area (Å²) < 4.78 is 33.0. The van der Waals surface area contributed by atoms with E-state index >= 15 is 0 Å². The first-order valence-corrected chi connectivity index (χ1v) is 7.98. The Morgan fingerprint density at radius 2 is 2.05 bits per heavy atom. The summed E-state index contributed by atoms with van der Waals surface area (Å²) in [4.78, 5) is 11.6. The van der Waals surface area contributed by atoms with Crippen LogP contribution in [0.15, 0.2) is 17.2 Å². The fraction of sp³-hybridized carbons (Fsp3) is 0.583. The molecule has 1 aromatic heterocycles. The molecule has 1 heterocycles. The van der Waals surface area contributed by atoms with Crippen molar-refractivity contribution in [2.45, 2.75) is 4.90 Å². The molecule has 8 nitrogen and oxygen atoms in total. The van der Waals surface area contributed by atoms with Gasteiger partial charge in [-0.25, -0.2) is 13.1 Å². The zero-order valence-electron chi connectivity index (χ0n) is 12.5. The minimum Gasteiger partial charge on any atom is -0.383 e. The van der Waals surface area contributed by atoms with Crippen molar-refractivity contribution >= 4 is 15.9 Å². The molecule has 0 saturated heterocycles. The van der Waals surface area contributed by atoms with Crippen molar-refractivity contribution < 1.29 is 17.9 Å². The molecule has 0 aromatic carbocycles. The highest BCUT2D eigenvalue weighted by Crippen LogP contribution is 2.13. The van der Waals surface area contributed by atoms with Gasteiger partial charge in [0.2, 0.25) is 10.0 Å². The first kappa shape index (κ1) is 17.6. The number of rotatable bonds is 9. The zero-order valence-corrected chi connectivity index (χ0v) is 13.3. The molecule has 1 aromatic rings. The number of carbonyl (C=O) groups is 1. The summed E-state index contributed by atoms with van der Waals surface area (Å²) in [6.45, 7) is 1.99. The van der Waals surface area contributed by atoms with Crippen LogP contribution in [0.4, 0.5) is 0 Å². The number of amides is 1. The Hall–Kier alpha value is -1.42. The van der Waals surface area contributed by atoms with Gasteiger partial charge in [0.15, 0.2) is 0 Å². The molecule has 21 heavy (non-hydrogen) atoms. The van der Waals surface area contributed by atoms with Crippen LogP contribution in [-0.2, 0) is 21.8 Å². The summed E-state index contributed by atoms with van der Waals surface area (Å²) in [7, 11) is 1.10. The van der Waals surface area contributed by atoms with E-state index in [1.165, 1.54) is 23.9 Å². The standard InChI is InChI=1S/C12H22N4O4S/c1-13-12(17)11-8-10(9-16(11)2)21(18,19)15-5-4-14-6-7-20-3/h8-9,14-15H,4-7H2,1-3H3,(H,13,17). The molecule has 0 aliphatic carbocycles. The number of nitrogens with one attached hydrogen (secondary N) is 3. The van der Waals surface area contributed by atoms with Crippen molar-refractivity contribution in [1.29, 1.82) is 0 Å². The highest BCUT2D eigenvalue weighted by Gasteiger charge is 2.19. The maximum Gasteiger partial charge on any atom is 0.267 e. The summed E-state index contributed by atoms with van der Waals surface area (Å²) in [5, 5.41) is 5.49. The highest BCUT2D eigenvalue weighted by atomic mass is 32.2. The first-order chi connectivity index (χ1) is 9.92. The van der Waals surface area contributed by atoms with Crippen LogP contribution >= 0.6 is 0 Å². The number of methoxy groups -OCH3 is 1. The van der Waals surface area contributed by atoms with E-state index in [0.29, 0.717) is 19.7 Å². The minimum absolute atomic E-state index is 0.0699. The number of hydrogen-bond donors (Lipinski definition) is 3. The van der Waals surface area contributed by atoms with Crippen molar-refractivity contribution in [3.05, 3.63) is 18.0 Å². The zero-order chi connectivity index (χ0) is 15.9. The summed E-state index contributed by atoms with van der Waals surface area (Å²) in [6.07, 6.45) is 1.41. The number of hydrogen-bond acceptors (Lipinski definition) is 5. The Labute approximate surface area is 124 Å². The molecule has 1 amide bonds. The Kier molecular flexibility index (Phi) is 6.82. The number of aromatic nitrogens is 1. The maximum atomic E-state index is 12.1. The lowest BCUT2D eigenvalue weighted by molar-refractivity contribution is 0.0955. The van der Waals surface area contributed by atoms with Crippen molar-refractivity contribution in [2.24, 2.45) is 7.05 Å². The molecule has 0 saturated carbocycles. The summed E-state index contributed by atoms with van der Waals surface area (Å²) in [6, 6.07) is 1.35.